The maximum absolute atomic E-state index is 12.4. The Kier molecular flexibility index (Phi) is 7.10. The van der Waals surface area contributed by atoms with Crippen LogP contribution in [0.2, 0.25) is 0 Å². The fourth-order valence-corrected chi connectivity index (χ4v) is 3.90. The third kappa shape index (κ3) is 5.83. The van der Waals surface area contributed by atoms with Gasteiger partial charge in [-0.1, -0.05) is 42.3 Å². The molecule has 4 nitrogen and oxygen atoms in total. The number of piperidine rings is 1. The lowest BCUT2D eigenvalue weighted by molar-refractivity contribution is -0.123. The number of carbonyl (C=O) groups excluding carboxylic acids is 1. The zero-order chi connectivity index (χ0) is 19.9. The first-order valence-electron chi connectivity index (χ1n) is 10.3. The van der Waals surface area contributed by atoms with E-state index in [9.17, 15) is 4.79 Å². The van der Waals surface area contributed by atoms with Crippen molar-refractivity contribution in [2.75, 3.05) is 26.2 Å². The normalized spacial score (nSPS) is 15.8. The van der Waals surface area contributed by atoms with Gasteiger partial charge < -0.3 is 10.1 Å². The van der Waals surface area contributed by atoms with Gasteiger partial charge in [0.2, 0.25) is 0 Å². The molecule has 2 aromatic rings. The van der Waals surface area contributed by atoms with Crippen LogP contribution in [0.5, 0.6) is 5.75 Å². The van der Waals surface area contributed by atoms with Crippen LogP contribution in [0.4, 0.5) is 0 Å². The number of nitrogens with zero attached hydrogens (tertiary/aromatic N) is 1. The average Bonchev–Trinajstić information content (AvgIpc) is 2.68. The van der Waals surface area contributed by atoms with Gasteiger partial charge in [-0.15, -0.1) is 0 Å². The lowest BCUT2D eigenvalue weighted by Crippen LogP contribution is -2.41. The molecule has 3 rings (SSSR count). The molecule has 1 fully saturated rings. The van der Waals surface area contributed by atoms with Crippen molar-refractivity contribution in [3.05, 3.63) is 64.7 Å². The van der Waals surface area contributed by atoms with Crippen LogP contribution >= 0.6 is 0 Å². The van der Waals surface area contributed by atoms with Crippen molar-refractivity contribution in [3.63, 3.8) is 0 Å². The number of rotatable bonds is 7. The maximum Gasteiger partial charge on any atom is 0.258 e. The summed E-state index contributed by atoms with van der Waals surface area (Å²) in [6, 6.07) is 14.9. The van der Waals surface area contributed by atoms with Gasteiger partial charge in [-0.05, 0) is 75.5 Å². The number of hydrogen-bond donors (Lipinski definition) is 1. The number of ether oxygens (including phenoxy) is 1. The Labute approximate surface area is 168 Å². The molecular weight excluding hydrogens is 348 g/mol. The lowest BCUT2D eigenvalue weighted by Gasteiger charge is -2.35. The molecule has 0 bridgehead atoms. The van der Waals surface area contributed by atoms with E-state index in [4.69, 9.17) is 4.74 Å². The smallest absolute Gasteiger partial charge is 0.258 e. The largest absolute Gasteiger partial charge is 0.484 e. The van der Waals surface area contributed by atoms with Crippen molar-refractivity contribution in [2.45, 2.75) is 46.1 Å². The molecule has 0 aliphatic carbocycles. The summed E-state index contributed by atoms with van der Waals surface area (Å²) in [6.45, 7) is 9.00. The Hall–Kier alpha value is -2.33. The van der Waals surface area contributed by atoms with Gasteiger partial charge in [0, 0.05) is 6.54 Å². The predicted octanol–water partition coefficient (Wildman–Crippen LogP) is 4.33. The van der Waals surface area contributed by atoms with E-state index in [2.05, 4.69) is 47.5 Å². The van der Waals surface area contributed by atoms with Crippen LogP contribution in [0.1, 0.15) is 47.6 Å². The second-order valence-corrected chi connectivity index (χ2v) is 7.94. The van der Waals surface area contributed by atoms with Gasteiger partial charge in [0.15, 0.2) is 6.61 Å². The van der Waals surface area contributed by atoms with Gasteiger partial charge in [-0.25, -0.2) is 0 Å². The lowest BCUT2D eigenvalue weighted by atomic mass is 10.0. The molecule has 1 saturated heterocycles. The fourth-order valence-electron chi connectivity index (χ4n) is 3.90. The van der Waals surface area contributed by atoms with Crippen LogP contribution in [-0.2, 0) is 4.79 Å². The Morgan fingerprint density at radius 2 is 1.61 bits per heavy atom. The summed E-state index contributed by atoms with van der Waals surface area (Å²) in [4.78, 5) is 14.9. The second-order valence-electron chi connectivity index (χ2n) is 7.94. The summed E-state index contributed by atoms with van der Waals surface area (Å²) in [6.07, 6.45) is 3.76. The first-order valence-corrected chi connectivity index (χ1v) is 10.3. The summed E-state index contributed by atoms with van der Waals surface area (Å²) >= 11 is 0. The molecule has 0 saturated carbocycles. The van der Waals surface area contributed by atoms with Crippen molar-refractivity contribution in [1.29, 1.82) is 0 Å². The van der Waals surface area contributed by atoms with Gasteiger partial charge in [-0.3, -0.25) is 9.69 Å². The molecule has 4 heteroatoms. The van der Waals surface area contributed by atoms with Crippen molar-refractivity contribution in [2.24, 2.45) is 0 Å². The quantitative estimate of drug-likeness (QED) is 0.777. The number of likely N-dealkylation sites (tertiary alicyclic amines) is 1. The van der Waals surface area contributed by atoms with Crippen molar-refractivity contribution in [1.82, 2.24) is 10.2 Å². The highest BCUT2D eigenvalue weighted by molar-refractivity contribution is 5.77. The molecule has 1 N–H and O–H groups in total. The summed E-state index contributed by atoms with van der Waals surface area (Å²) in [5.41, 5.74) is 4.80. The van der Waals surface area contributed by atoms with E-state index >= 15 is 0 Å². The number of nitrogens with one attached hydrogen (secondary N) is 1. The zero-order valence-electron chi connectivity index (χ0n) is 17.3. The van der Waals surface area contributed by atoms with E-state index in [1.807, 2.05) is 26.0 Å². The molecular formula is C24H32N2O2. The van der Waals surface area contributed by atoms with Crippen LogP contribution in [0.25, 0.3) is 0 Å². The number of aryl methyl sites for hydroxylation is 3. The third-order valence-corrected chi connectivity index (χ3v) is 5.35. The minimum atomic E-state index is -0.0757. The topological polar surface area (TPSA) is 41.6 Å². The van der Waals surface area contributed by atoms with Crippen molar-refractivity contribution in [3.8, 4) is 5.75 Å². The number of benzene rings is 2. The molecule has 1 aliphatic heterocycles. The maximum atomic E-state index is 12.4. The Morgan fingerprint density at radius 3 is 2.25 bits per heavy atom. The minimum Gasteiger partial charge on any atom is -0.484 e. The molecule has 1 aliphatic rings. The highest BCUT2D eigenvalue weighted by Crippen LogP contribution is 2.24. The van der Waals surface area contributed by atoms with Gasteiger partial charge in [0.25, 0.3) is 5.91 Å². The van der Waals surface area contributed by atoms with Crippen LogP contribution in [-0.4, -0.2) is 37.0 Å². The summed E-state index contributed by atoms with van der Waals surface area (Å²) in [5, 5.41) is 3.09. The van der Waals surface area contributed by atoms with Crippen LogP contribution in [0.3, 0.4) is 0 Å². The van der Waals surface area contributed by atoms with Crippen molar-refractivity contribution < 1.29 is 9.53 Å². The average molecular weight is 381 g/mol. The van der Waals surface area contributed by atoms with E-state index in [0.29, 0.717) is 6.54 Å². The van der Waals surface area contributed by atoms with Gasteiger partial charge >= 0.3 is 0 Å². The number of amides is 1. The molecule has 150 valence electrons. The molecule has 0 radical (unpaired) electrons. The summed E-state index contributed by atoms with van der Waals surface area (Å²) < 4.78 is 5.70. The molecule has 1 atom stereocenters. The Morgan fingerprint density at radius 1 is 0.964 bits per heavy atom. The van der Waals surface area contributed by atoms with Crippen molar-refractivity contribution >= 4 is 5.91 Å². The minimum absolute atomic E-state index is 0.0451. The SMILES string of the molecule is Cc1ccc([C@@H](CNC(=O)COc2cc(C)cc(C)c2)N2CCCCC2)cc1. The monoisotopic (exact) mass is 380 g/mol. The van der Waals surface area contributed by atoms with E-state index in [1.54, 1.807) is 0 Å². The first-order chi connectivity index (χ1) is 13.5. The predicted molar refractivity (Wildman–Crippen MR) is 114 cm³/mol. The highest BCUT2D eigenvalue weighted by atomic mass is 16.5. The van der Waals surface area contributed by atoms with Gasteiger partial charge in [0.1, 0.15) is 5.75 Å². The molecule has 0 spiro atoms. The molecule has 28 heavy (non-hydrogen) atoms. The van der Waals surface area contributed by atoms with Gasteiger partial charge in [-0.2, -0.15) is 0 Å². The fraction of sp³-hybridized carbons (Fsp3) is 0.458. The van der Waals surface area contributed by atoms with E-state index in [-0.39, 0.29) is 18.6 Å². The third-order valence-electron chi connectivity index (χ3n) is 5.35. The Balaban J connectivity index is 1.59. The molecule has 1 amide bonds. The van der Waals surface area contributed by atoms with E-state index < -0.39 is 0 Å². The molecule has 0 aromatic heterocycles. The van der Waals surface area contributed by atoms with Crippen LogP contribution in [0.15, 0.2) is 42.5 Å². The van der Waals surface area contributed by atoms with Crippen LogP contribution < -0.4 is 10.1 Å². The van der Waals surface area contributed by atoms with E-state index in [1.165, 1.54) is 30.4 Å². The number of carbonyl (C=O) groups is 1. The zero-order valence-corrected chi connectivity index (χ0v) is 17.3. The summed E-state index contributed by atoms with van der Waals surface area (Å²) in [5.74, 6) is 0.673. The standard InChI is InChI=1S/C24H32N2O2/c1-18-7-9-21(10-8-18)23(26-11-5-4-6-12-26)16-25-24(27)17-28-22-14-19(2)13-20(3)15-22/h7-10,13-15,23H,4-6,11-12,16-17H2,1-3H3,(H,25,27)/t23-/m1/s1. The molecule has 1 heterocycles. The van der Waals surface area contributed by atoms with Crippen LogP contribution in [0, 0.1) is 20.8 Å². The second kappa shape index (κ2) is 9.74. The molecule has 0 unspecified atom stereocenters. The summed E-state index contributed by atoms with van der Waals surface area (Å²) in [7, 11) is 0. The van der Waals surface area contributed by atoms with Gasteiger partial charge in [0.05, 0.1) is 6.04 Å². The highest BCUT2D eigenvalue weighted by Gasteiger charge is 2.22. The van der Waals surface area contributed by atoms with E-state index in [0.717, 1.165) is 30.0 Å². The first kappa shape index (κ1) is 20.4. The number of hydrogen-bond acceptors (Lipinski definition) is 3. The molecule has 2 aromatic carbocycles. The Bertz CT molecular complexity index is 759.